The van der Waals surface area contributed by atoms with E-state index in [1.54, 1.807) is 9.80 Å². The van der Waals surface area contributed by atoms with E-state index in [9.17, 15) is 14.4 Å². The van der Waals surface area contributed by atoms with Gasteiger partial charge in [0.2, 0.25) is 11.8 Å². The highest BCUT2D eigenvalue weighted by Crippen LogP contribution is 2.53. The Kier molecular flexibility index (Phi) is 3.33. The maximum Gasteiger partial charge on any atom is 0.271 e. The number of nitrogens with zero attached hydrogens (tertiary/aromatic N) is 2. The van der Waals surface area contributed by atoms with Gasteiger partial charge in [0.05, 0.1) is 11.5 Å². The molecule has 4 aliphatic heterocycles. The van der Waals surface area contributed by atoms with Gasteiger partial charge in [-0.05, 0) is 36.8 Å². The van der Waals surface area contributed by atoms with E-state index in [2.05, 4.69) is 19.2 Å². The van der Waals surface area contributed by atoms with E-state index in [0.29, 0.717) is 31.0 Å². The Balaban J connectivity index is 1.69. The van der Waals surface area contributed by atoms with E-state index in [-0.39, 0.29) is 23.8 Å². The summed E-state index contributed by atoms with van der Waals surface area (Å²) >= 11 is 0. The normalized spacial score (nSPS) is 31.4. The Hall–Kier alpha value is -2.63. The van der Waals surface area contributed by atoms with Crippen molar-refractivity contribution in [3.8, 4) is 0 Å². The number of fused-ring (bicyclic) bond motifs is 4. The average molecular weight is 365 g/mol. The summed E-state index contributed by atoms with van der Waals surface area (Å²) in [7, 11) is 0. The predicted molar refractivity (Wildman–Crippen MR) is 99.7 cm³/mol. The molecule has 3 atom stereocenters. The van der Waals surface area contributed by atoms with Gasteiger partial charge in [0.15, 0.2) is 0 Å². The SMILES string of the molecule is CC(C)C[C@@H]1N2C(=O)C3=CCCN3C(=O)[C@@H]2C[C@@]12C(=O)Nc1ccccc12. The summed E-state index contributed by atoms with van der Waals surface area (Å²) in [6.45, 7) is 4.75. The van der Waals surface area contributed by atoms with Crippen LogP contribution in [0, 0.1) is 5.92 Å². The number of anilines is 1. The Morgan fingerprint density at radius 2 is 2.00 bits per heavy atom. The van der Waals surface area contributed by atoms with E-state index < -0.39 is 11.5 Å². The first-order chi connectivity index (χ1) is 12.9. The zero-order valence-electron chi connectivity index (χ0n) is 15.6. The number of para-hydroxylation sites is 1. The monoisotopic (exact) mass is 365 g/mol. The highest BCUT2D eigenvalue weighted by Gasteiger charge is 2.65. The second-order valence-corrected chi connectivity index (χ2v) is 8.42. The van der Waals surface area contributed by atoms with Crippen LogP contribution in [-0.4, -0.2) is 46.1 Å². The zero-order chi connectivity index (χ0) is 18.9. The quantitative estimate of drug-likeness (QED) is 0.872. The molecular formula is C21H23N3O3. The summed E-state index contributed by atoms with van der Waals surface area (Å²) in [4.78, 5) is 43.1. The minimum Gasteiger partial charge on any atom is -0.325 e. The molecule has 6 heteroatoms. The standard InChI is InChI=1S/C21H23N3O3/c1-12(2)10-17-21(13-6-3-4-7-14(13)22-20(21)27)11-16-18(25)23-9-5-8-15(23)19(26)24(16)17/h3-4,6-8,12,16-17H,5,9-11H2,1-2H3,(H,22,27)/t16-,17-,21-/m0/s1. The summed E-state index contributed by atoms with van der Waals surface area (Å²) in [6, 6.07) is 6.81. The summed E-state index contributed by atoms with van der Waals surface area (Å²) < 4.78 is 0. The average Bonchev–Trinajstić information content (AvgIpc) is 3.31. The van der Waals surface area contributed by atoms with Crippen molar-refractivity contribution in [1.82, 2.24) is 9.80 Å². The van der Waals surface area contributed by atoms with E-state index in [4.69, 9.17) is 0 Å². The maximum atomic E-state index is 13.3. The summed E-state index contributed by atoms with van der Waals surface area (Å²) in [6.07, 6.45) is 3.62. The molecule has 1 aromatic carbocycles. The molecule has 27 heavy (non-hydrogen) atoms. The third-order valence-electron chi connectivity index (χ3n) is 6.50. The van der Waals surface area contributed by atoms with Crippen molar-refractivity contribution >= 4 is 23.4 Å². The molecule has 0 bridgehead atoms. The first-order valence-electron chi connectivity index (χ1n) is 9.70. The van der Waals surface area contributed by atoms with Crippen LogP contribution in [0.2, 0.25) is 0 Å². The molecule has 140 valence electrons. The second-order valence-electron chi connectivity index (χ2n) is 8.42. The lowest BCUT2D eigenvalue weighted by Crippen LogP contribution is -2.58. The fraction of sp³-hybridized carbons (Fsp3) is 0.476. The minimum absolute atomic E-state index is 0.0406. The lowest BCUT2D eigenvalue weighted by molar-refractivity contribution is -0.150. The molecule has 4 aliphatic rings. The van der Waals surface area contributed by atoms with Crippen molar-refractivity contribution in [2.75, 3.05) is 11.9 Å². The molecule has 4 heterocycles. The summed E-state index contributed by atoms with van der Waals surface area (Å²) in [5.74, 6) is 0.0705. The Morgan fingerprint density at radius 3 is 2.78 bits per heavy atom. The van der Waals surface area contributed by atoms with Gasteiger partial charge in [-0.1, -0.05) is 38.1 Å². The first kappa shape index (κ1) is 16.5. The number of rotatable bonds is 2. The molecule has 0 unspecified atom stereocenters. The van der Waals surface area contributed by atoms with Crippen LogP contribution < -0.4 is 5.32 Å². The van der Waals surface area contributed by atoms with Crippen molar-refractivity contribution in [2.45, 2.75) is 50.6 Å². The fourth-order valence-corrected chi connectivity index (χ4v) is 5.42. The summed E-state index contributed by atoms with van der Waals surface area (Å²) in [5, 5.41) is 3.01. The number of carbonyl (C=O) groups excluding carboxylic acids is 3. The molecule has 5 rings (SSSR count). The smallest absolute Gasteiger partial charge is 0.271 e. The molecule has 2 fully saturated rings. The van der Waals surface area contributed by atoms with Crippen LogP contribution >= 0.6 is 0 Å². The van der Waals surface area contributed by atoms with Crippen LogP contribution in [0.5, 0.6) is 0 Å². The van der Waals surface area contributed by atoms with Gasteiger partial charge < -0.3 is 15.1 Å². The van der Waals surface area contributed by atoms with E-state index in [1.807, 2.05) is 30.3 Å². The van der Waals surface area contributed by atoms with Gasteiger partial charge in [0.25, 0.3) is 5.91 Å². The maximum absolute atomic E-state index is 13.3. The van der Waals surface area contributed by atoms with Gasteiger partial charge in [-0.3, -0.25) is 14.4 Å². The van der Waals surface area contributed by atoms with Crippen LogP contribution in [-0.2, 0) is 19.8 Å². The minimum atomic E-state index is -0.850. The van der Waals surface area contributed by atoms with Crippen LogP contribution in [0.3, 0.4) is 0 Å². The third-order valence-corrected chi connectivity index (χ3v) is 6.50. The van der Waals surface area contributed by atoms with Crippen molar-refractivity contribution in [1.29, 1.82) is 0 Å². The molecule has 0 aliphatic carbocycles. The lowest BCUT2D eigenvalue weighted by Gasteiger charge is -2.40. The number of carbonyl (C=O) groups is 3. The van der Waals surface area contributed by atoms with Gasteiger partial charge in [0.1, 0.15) is 11.7 Å². The Labute approximate surface area is 158 Å². The highest BCUT2D eigenvalue weighted by atomic mass is 16.2. The van der Waals surface area contributed by atoms with Gasteiger partial charge in [-0.25, -0.2) is 0 Å². The van der Waals surface area contributed by atoms with Gasteiger partial charge in [0, 0.05) is 12.2 Å². The largest absolute Gasteiger partial charge is 0.325 e. The topological polar surface area (TPSA) is 69.7 Å². The number of hydrogen-bond acceptors (Lipinski definition) is 3. The number of benzene rings is 1. The van der Waals surface area contributed by atoms with E-state index in [0.717, 1.165) is 17.7 Å². The Morgan fingerprint density at radius 1 is 1.22 bits per heavy atom. The highest BCUT2D eigenvalue weighted by molar-refractivity contribution is 6.11. The van der Waals surface area contributed by atoms with E-state index in [1.165, 1.54) is 0 Å². The molecule has 0 radical (unpaired) electrons. The second kappa shape index (κ2) is 5.44. The third kappa shape index (κ3) is 1.98. The van der Waals surface area contributed by atoms with Gasteiger partial charge >= 0.3 is 0 Å². The van der Waals surface area contributed by atoms with Crippen molar-refractivity contribution in [3.05, 3.63) is 41.6 Å². The van der Waals surface area contributed by atoms with Gasteiger partial charge in [-0.2, -0.15) is 0 Å². The molecule has 1 aromatic rings. The molecule has 3 amide bonds. The first-order valence-corrected chi connectivity index (χ1v) is 9.70. The van der Waals surface area contributed by atoms with Crippen LogP contribution in [0.4, 0.5) is 5.69 Å². The van der Waals surface area contributed by atoms with Crippen LogP contribution in [0.1, 0.15) is 38.7 Å². The number of hydrogen-bond donors (Lipinski definition) is 1. The fourth-order valence-electron chi connectivity index (χ4n) is 5.42. The van der Waals surface area contributed by atoms with E-state index >= 15 is 0 Å². The molecule has 0 aromatic heterocycles. The molecule has 2 saturated heterocycles. The van der Waals surface area contributed by atoms with Crippen molar-refractivity contribution in [3.63, 3.8) is 0 Å². The number of nitrogens with one attached hydrogen (secondary N) is 1. The predicted octanol–water partition coefficient (Wildman–Crippen LogP) is 2.02. The molecular weight excluding hydrogens is 342 g/mol. The Bertz CT molecular complexity index is 906. The van der Waals surface area contributed by atoms with Crippen molar-refractivity contribution < 1.29 is 14.4 Å². The summed E-state index contributed by atoms with van der Waals surface area (Å²) in [5.41, 5.74) is 1.37. The molecule has 0 saturated carbocycles. The number of piperazine rings is 1. The molecule has 6 nitrogen and oxygen atoms in total. The van der Waals surface area contributed by atoms with Crippen LogP contribution in [0.15, 0.2) is 36.0 Å². The van der Waals surface area contributed by atoms with Crippen molar-refractivity contribution in [2.24, 2.45) is 5.92 Å². The molecule has 1 N–H and O–H groups in total. The molecule has 1 spiro atoms. The van der Waals surface area contributed by atoms with Gasteiger partial charge in [-0.15, -0.1) is 0 Å². The zero-order valence-corrected chi connectivity index (χ0v) is 15.6. The van der Waals surface area contributed by atoms with Crippen LogP contribution in [0.25, 0.3) is 0 Å². The lowest BCUT2D eigenvalue weighted by atomic mass is 9.72. The number of amides is 3.